The Bertz CT molecular complexity index is 4160. The number of nitrogens with zero attached hydrogens (tertiary/aromatic N) is 4. The quantitative estimate of drug-likeness (QED) is 0.0368. The number of Topliss-reactive ketones (excluding diaryl/α,β-unsaturated/α-hetero) is 2. The van der Waals surface area contributed by atoms with Crippen molar-refractivity contribution >= 4 is 88.8 Å². The van der Waals surface area contributed by atoms with Crippen LogP contribution in [0.1, 0.15) is 169 Å². The largest absolute Gasteiger partial charge is 0.871 e. The van der Waals surface area contributed by atoms with Gasteiger partial charge in [-0.2, -0.15) is 9.15 Å². The Labute approximate surface area is 521 Å². The van der Waals surface area contributed by atoms with E-state index in [0.717, 1.165) is 106 Å². The number of ketones is 2. The van der Waals surface area contributed by atoms with Crippen LogP contribution in [0.5, 0.6) is 0 Å². The van der Waals surface area contributed by atoms with Gasteiger partial charge in [0.25, 0.3) is 0 Å². The third-order valence-corrected chi connectivity index (χ3v) is 21.2. The van der Waals surface area contributed by atoms with Crippen molar-refractivity contribution in [2.24, 2.45) is 0 Å². The standard InChI is InChI=1S/C80H86N4O4/c1-13-15-17-19-21-27-41-83-63-39-35-49-29-23-25-31-53(49)69(63)79(7,8)67(83)47-59-73(85)57(74(59)86)45-65-77(3,4)61-37-33-51-44-56-52(43-55(51)71(61)81(65)11)34-38-62-72(56)82(12)66(78(62,5)6)46-58-75(87)60(76(58)88)48-68-80(9,10)70-54-32-26-24-30-50(54)36-40-64(70)84(68)42-28-22-20-18-16-14-2/h23-26,29-40,43-48H,13-22,27-28,41-42H2,1-12H3. The van der Waals surface area contributed by atoms with Gasteiger partial charge in [-0.15, -0.1) is 0 Å². The lowest BCUT2D eigenvalue weighted by molar-refractivity contribution is -0.400. The minimum absolute atomic E-state index is 0.203. The van der Waals surface area contributed by atoms with E-state index >= 15 is 0 Å². The van der Waals surface area contributed by atoms with Crippen LogP contribution in [0.2, 0.25) is 0 Å². The van der Waals surface area contributed by atoms with Gasteiger partial charge in [-0.25, -0.2) is 0 Å². The molecule has 0 atom stereocenters. The molecule has 0 aromatic heterocycles. The van der Waals surface area contributed by atoms with Crippen LogP contribution in [0.4, 0.5) is 22.7 Å². The van der Waals surface area contributed by atoms with E-state index < -0.39 is 21.7 Å². The molecule has 7 aromatic carbocycles. The van der Waals surface area contributed by atoms with Crippen molar-refractivity contribution < 1.29 is 29.0 Å². The number of fused-ring (bicyclic) bond motifs is 12. The molecular weight excluding hydrogens is 1080 g/mol. The van der Waals surface area contributed by atoms with Gasteiger partial charge in [0, 0.05) is 92.3 Å². The third-order valence-electron chi connectivity index (χ3n) is 21.2. The highest BCUT2D eigenvalue weighted by Crippen LogP contribution is 2.55. The van der Waals surface area contributed by atoms with Crippen molar-refractivity contribution in [2.75, 3.05) is 37.0 Å². The molecule has 7 aromatic rings. The van der Waals surface area contributed by atoms with E-state index in [1.807, 2.05) is 24.3 Å². The SMILES string of the molecule is CCCCCCCCN1/C(=C\C2=C([O-])C(=C/C3=[N+](C)c4c(ccc5cc6c7c(ccc6cc45)C(C)(C)C(/C=C4\C(=O)C(/C=C5\N(CCCCCCCC)c6ccc8ccccc8c6C5(C)C)=C4[O-])=[N+]7C)C3(C)C)/C2=O)C(C)(C)c2c1ccc1ccccc21. The molecule has 0 fully saturated rings. The molecule has 0 N–H and O–H groups in total. The fraction of sp³-hybridized carbons (Fsp3) is 0.375. The molecule has 4 heterocycles. The number of carbonyl (C=O) groups is 2. The van der Waals surface area contributed by atoms with Crippen LogP contribution in [-0.4, -0.2) is 59.3 Å². The van der Waals surface area contributed by atoms with Gasteiger partial charge in [0.05, 0.1) is 21.6 Å². The fourth-order valence-electron chi connectivity index (χ4n) is 16.3. The minimum atomic E-state index is -0.511. The Morgan fingerprint density at radius 2 is 0.784 bits per heavy atom. The van der Waals surface area contributed by atoms with E-state index in [4.69, 9.17) is 0 Å². The average molecular weight is 1170 g/mol. The molecule has 88 heavy (non-hydrogen) atoms. The molecule has 0 saturated heterocycles. The van der Waals surface area contributed by atoms with Crippen LogP contribution in [0.25, 0.3) is 43.1 Å². The van der Waals surface area contributed by atoms with Crippen LogP contribution in [0.15, 0.2) is 179 Å². The Hall–Kier alpha value is -8.10. The van der Waals surface area contributed by atoms with Gasteiger partial charge in [-0.1, -0.05) is 202 Å². The second-order valence-corrected chi connectivity index (χ2v) is 28.1. The number of carbonyl (C=O) groups excluding carboxylic acids is 2. The van der Waals surface area contributed by atoms with Gasteiger partial charge in [-0.05, 0) is 120 Å². The van der Waals surface area contributed by atoms with Crippen LogP contribution in [0.3, 0.4) is 0 Å². The maximum absolute atomic E-state index is 14.5. The summed E-state index contributed by atoms with van der Waals surface area (Å²) in [7, 11) is 4.12. The molecule has 4 aliphatic heterocycles. The predicted octanol–water partition coefficient (Wildman–Crippen LogP) is 16.6. The summed E-state index contributed by atoms with van der Waals surface area (Å²) < 4.78 is 4.38. The average Bonchev–Trinajstić information content (AvgIpc) is 1.78. The minimum Gasteiger partial charge on any atom is -0.871 e. The van der Waals surface area contributed by atoms with Crippen molar-refractivity contribution in [1.82, 2.24) is 0 Å². The lowest BCUT2D eigenvalue weighted by atomic mass is 9.76. The van der Waals surface area contributed by atoms with Gasteiger partial charge in [0.15, 0.2) is 23.0 Å². The van der Waals surface area contributed by atoms with Gasteiger partial charge in [0.1, 0.15) is 14.1 Å². The highest BCUT2D eigenvalue weighted by Gasteiger charge is 2.49. The zero-order chi connectivity index (χ0) is 61.9. The Kier molecular flexibility index (Phi) is 14.6. The molecule has 6 aliphatic rings. The highest BCUT2D eigenvalue weighted by molar-refractivity contribution is 6.26. The maximum Gasteiger partial charge on any atom is 0.217 e. The molecule has 0 spiro atoms. The number of hydrogen-bond acceptors (Lipinski definition) is 6. The smallest absolute Gasteiger partial charge is 0.217 e. The number of benzene rings is 7. The summed E-state index contributed by atoms with van der Waals surface area (Å²) in [5.41, 5.74) is 12.1. The molecular formula is C80H86N4O4. The molecule has 0 bridgehead atoms. The number of hydrogen-bond donors (Lipinski definition) is 0. The third kappa shape index (κ3) is 9.03. The van der Waals surface area contributed by atoms with Crippen LogP contribution < -0.4 is 20.0 Å². The number of unbranched alkanes of at least 4 members (excludes halogenated alkanes) is 10. The molecule has 13 rings (SSSR count). The summed E-state index contributed by atoms with van der Waals surface area (Å²) in [6.45, 7) is 23.8. The zero-order valence-corrected chi connectivity index (χ0v) is 54.0. The van der Waals surface area contributed by atoms with Crippen molar-refractivity contribution in [3.05, 3.63) is 201 Å². The van der Waals surface area contributed by atoms with E-state index in [1.165, 1.54) is 95.4 Å². The van der Waals surface area contributed by atoms with E-state index in [9.17, 15) is 19.8 Å². The Morgan fingerprint density at radius 1 is 0.420 bits per heavy atom. The summed E-state index contributed by atoms with van der Waals surface area (Å²) in [4.78, 5) is 33.8. The predicted molar refractivity (Wildman–Crippen MR) is 361 cm³/mol. The van der Waals surface area contributed by atoms with Crippen LogP contribution in [0, 0.1) is 0 Å². The summed E-state index contributed by atoms with van der Waals surface area (Å²) in [5.74, 6) is -0.813. The number of allylic oxidation sites excluding steroid dienone is 10. The van der Waals surface area contributed by atoms with Gasteiger partial charge < -0.3 is 20.0 Å². The fourth-order valence-corrected chi connectivity index (χ4v) is 16.3. The number of anilines is 2. The highest BCUT2D eigenvalue weighted by atomic mass is 16.3. The van der Waals surface area contributed by atoms with E-state index in [2.05, 4.69) is 211 Å². The summed E-state index contributed by atoms with van der Waals surface area (Å²) in [5, 5.41) is 38.2. The van der Waals surface area contributed by atoms with E-state index in [1.54, 1.807) is 0 Å². The Balaban J connectivity index is 0.820. The topological polar surface area (TPSA) is 92.8 Å². The van der Waals surface area contributed by atoms with Crippen molar-refractivity contribution in [3.8, 4) is 0 Å². The van der Waals surface area contributed by atoms with Gasteiger partial charge in [0.2, 0.25) is 11.4 Å². The van der Waals surface area contributed by atoms with Gasteiger partial charge >= 0.3 is 0 Å². The molecule has 8 nitrogen and oxygen atoms in total. The van der Waals surface area contributed by atoms with Crippen LogP contribution >= 0.6 is 0 Å². The monoisotopic (exact) mass is 1170 g/mol. The summed E-state index contributed by atoms with van der Waals surface area (Å²) in [6.07, 6.45) is 21.7. The first-order valence-electron chi connectivity index (χ1n) is 32.8. The van der Waals surface area contributed by atoms with Crippen LogP contribution in [-0.2, 0) is 31.2 Å². The molecule has 0 amide bonds. The molecule has 0 radical (unpaired) electrons. The molecule has 0 saturated carbocycles. The first-order valence-corrected chi connectivity index (χ1v) is 32.8. The first kappa shape index (κ1) is 58.9. The van der Waals surface area contributed by atoms with Crippen molar-refractivity contribution in [2.45, 2.75) is 168 Å². The van der Waals surface area contributed by atoms with E-state index in [0.29, 0.717) is 0 Å². The second kappa shape index (κ2) is 21.9. The second-order valence-electron chi connectivity index (χ2n) is 28.1. The summed E-state index contributed by atoms with van der Waals surface area (Å²) >= 11 is 0. The van der Waals surface area contributed by atoms with E-state index in [-0.39, 0.29) is 45.4 Å². The van der Waals surface area contributed by atoms with Gasteiger partial charge in [-0.3, -0.25) is 9.59 Å². The molecule has 0 unspecified atom stereocenters. The lowest BCUT2D eigenvalue weighted by Crippen LogP contribution is -2.35. The molecule has 450 valence electrons. The Morgan fingerprint density at radius 3 is 1.17 bits per heavy atom. The first-order chi connectivity index (χ1) is 42.1. The van der Waals surface area contributed by atoms with Crippen molar-refractivity contribution in [1.29, 1.82) is 0 Å². The molecule has 8 heteroatoms. The number of rotatable bonds is 18. The van der Waals surface area contributed by atoms with Crippen molar-refractivity contribution in [3.63, 3.8) is 0 Å². The lowest BCUT2D eigenvalue weighted by Gasteiger charge is -2.33. The summed E-state index contributed by atoms with van der Waals surface area (Å²) in [6, 6.07) is 39.3. The molecule has 2 aliphatic carbocycles. The zero-order valence-electron chi connectivity index (χ0n) is 54.0. The maximum atomic E-state index is 14.5. The normalized spacial score (nSPS) is 20.6.